The molecule has 0 bridgehead atoms. The minimum absolute atomic E-state index is 0.0538. The first-order chi connectivity index (χ1) is 58.2. The molecule has 3 heterocycles. The van der Waals surface area contributed by atoms with Crippen LogP contribution in [0.1, 0.15) is 195 Å². The summed E-state index contributed by atoms with van der Waals surface area (Å²) in [5.74, 6) is -2.91. The van der Waals surface area contributed by atoms with E-state index in [1.54, 1.807) is 0 Å². The van der Waals surface area contributed by atoms with Crippen LogP contribution in [0.3, 0.4) is 0 Å². The monoisotopic (exact) mass is 1800 g/mol. The highest BCUT2D eigenvalue weighted by Gasteiger charge is 2.48. The summed E-state index contributed by atoms with van der Waals surface area (Å²) < 4.78 is 87.2. The molecule has 0 saturated carbocycles. The standard InChI is InChI=1S/C77H143N9O34P2/c1-6-53(2)52-110-44-35-85(64(98)29-17-8-20-32-79-61(95)26-14-11-23-42-112-76-67(82-55(4)92)73(104)70(101)58(50-89)119-76)37-46-115-122(108,109)117-48-39-86(65(99)30-18-9-21-33-80-62(96)27-15-12-24-43-113-77-68(83-56(5)93)74(105)71(102)59(51-90)120-77)38-47-116-121(106,107)114-45-36-84(34-40-87)63(97)28-16-7-19-31-78-60(94)25-13-10-22-41-111-75-66(81-54(3)91)72(103)69(100)57(49-88)118-75/h53,57-59,66-77,87-90,100-105H,6-52H2,1-5H3,(H,78,94)(H,79,95)(H,80,96)(H,81,91)(H,82,92)(H,83,93)(H,106,107)(H,108,109). The molecule has 3 aliphatic heterocycles. The van der Waals surface area contributed by atoms with Crippen LogP contribution in [0.2, 0.25) is 0 Å². The van der Waals surface area contributed by atoms with Gasteiger partial charge in [0, 0.05) is 145 Å². The number of amides is 9. The number of carbonyl (C=O) groups excluding carboxylic acids is 9. The first-order valence-electron chi connectivity index (χ1n) is 42.8. The van der Waals surface area contributed by atoms with E-state index >= 15 is 0 Å². The van der Waals surface area contributed by atoms with Gasteiger partial charge in [-0.15, -0.1) is 0 Å². The molecule has 710 valence electrons. The van der Waals surface area contributed by atoms with Gasteiger partial charge in [-0.1, -0.05) is 58.8 Å². The van der Waals surface area contributed by atoms with Gasteiger partial charge in [-0.3, -0.25) is 61.2 Å². The van der Waals surface area contributed by atoms with Crippen molar-refractivity contribution in [2.45, 2.75) is 287 Å². The zero-order valence-corrected chi connectivity index (χ0v) is 73.3. The highest BCUT2D eigenvalue weighted by molar-refractivity contribution is 7.47. The molecule has 3 rings (SSSR count). The Hall–Kier alpha value is -5.23. The van der Waals surface area contributed by atoms with Crippen LogP contribution >= 0.6 is 15.6 Å². The van der Waals surface area contributed by atoms with Crippen LogP contribution in [0, 0.1) is 5.92 Å². The predicted octanol–water partition coefficient (Wildman–Crippen LogP) is -1.61. The van der Waals surface area contributed by atoms with Gasteiger partial charge in [-0.05, 0) is 83.0 Å². The third-order valence-electron chi connectivity index (χ3n) is 20.4. The number of unbranched alkanes of at least 4 members (excludes halogenated alkanes) is 12. The van der Waals surface area contributed by atoms with E-state index in [2.05, 4.69) is 31.9 Å². The molecule has 3 saturated heterocycles. The number of carbonyl (C=O) groups is 9. The maximum atomic E-state index is 13.8. The van der Waals surface area contributed by atoms with Gasteiger partial charge in [0.05, 0.1) is 59.5 Å². The Morgan fingerprint density at radius 2 is 0.639 bits per heavy atom. The predicted molar refractivity (Wildman–Crippen MR) is 434 cm³/mol. The van der Waals surface area contributed by atoms with Crippen molar-refractivity contribution in [1.29, 1.82) is 0 Å². The molecular formula is C77H143N9O34P2. The second kappa shape index (κ2) is 63.7. The number of hydrogen-bond donors (Lipinski definition) is 18. The van der Waals surface area contributed by atoms with Gasteiger partial charge in [0.25, 0.3) is 0 Å². The third-order valence-corrected chi connectivity index (χ3v) is 22.4. The number of hydrogen-bond acceptors (Lipinski definition) is 32. The molecule has 18 unspecified atom stereocenters. The van der Waals surface area contributed by atoms with Crippen molar-refractivity contribution in [3.63, 3.8) is 0 Å². The zero-order valence-electron chi connectivity index (χ0n) is 71.6. The molecule has 18 atom stereocenters. The average molecular weight is 1800 g/mol. The molecule has 122 heavy (non-hydrogen) atoms. The Kier molecular flexibility index (Phi) is 57.9. The third kappa shape index (κ3) is 46.5. The molecule has 0 spiro atoms. The van der Waals surface area contributed by atoms with E-state index in [9.17, 15) is 113 Å². The molecule has 0 aromatic heterocycles. The van der Waals surface area contributed by atoms with Crippen LogP contribution in [0.25, 0.3) is 0 Å². The van der Waals surface area contributed by atoms with Gasteiger partial charge in [-0.25, -0.2) is 9.13 Å². The summed E-state index contributed by atoms with van der Waals surface area (Å²) in [6.45, 7) is 4.52. The summed E-state index contributed by atoms with van der Waals surface area (Å²) in [7, 11) is -9.72. The maximum absolute atomic E-state index is 13.8. The molecule has 0 aromatic rings. The lowest BCUT2D eigenvalue weighted by Gasteiger charge is -2.42. The first kappa shape index (κ1) is 111. The van der Waals surface area contributed by atoms with Crippen molar-refractivity contribution in [3.05, 3.63) is 0 Å². The fourth-order valence-electron chi connectivity index (χ4n) is 13.2. The molecule has 43 nitrogen and oxygen atoms in total. The molecule has 9 amide bonds. The normalized spacial score (nSPS) is 24.1. The molecule has 0 radical (unpaired) electrons. The van der Waals surface area contributed by atoms with Gasteiger partial charge in [0.1, 0.15) is 73.1 Å². The van der Waals surface area contributed by atoms with Crippen molar-refractivity contribution in [2.75, 3.05) is 145 Å². The highest BCUT2D eigenvalue weighted by atomic mass is 31.2. The number of aliphatic hydroxyl groups excluding tert-OH is 10. The lowest BCUT2D eigenvalue weighted by molar-refractivity contribution is -0.270. The maximum Gasteiger partial charge on any atom is 0.472 e. The molecule has 3 aliphatic rings. The van der Waals surface area contributed by atoms with Gasteiger partial charge >= 0.3 is 15.6 Å². The van der Waals surface area contributed by atoms with Crippen molar-refractivity contribution in [3.8, 4) is 0 Å². The van der Waals surface area contributed by atoms with E-state index in [0.29, 0.717) is 135 Å². The Labute approximate surface area is 714 Å². The second-order valence-electron chi connectivity index (χ2n) is 30.5. The number of phosphoric acid groups is 2. The fourth-order valence-corrected chi connectivity index (χ4v) is 14.6. The summed E-state index contributed by atoms with van der Waals surface area (Å²) in [4.78, 5) is 139. The molecule has 0 aromatic carbocycles. The van der Waals surface area contributed by atoms with E-state index in [4.69, 9.17) is 51.3 Å². The molecule has 18 N–H and O–H groups in total. The zero-order chi connectivity index (χ0) is 90.4. The minimum Gasteiger partial charge on any atom is -0.395 e. The van der Waals surface area contributed by atoms with Gasteiger partial charge in [-0.2, -0.15) is 0 Å². The molecular weight excluding hydrogens is 1660 g/mol. The van der Waals surface area contributed by atoms with Crippen molar-refractivity contribution >= 4 is 68.8 Å². The SMILES string of the molecule is CCC(C)COCCN(CCOP(=O)(O)OCCN(CCOP(=O)(O)OCCN(CCO)C(=O)CCCCCNC(=O)CCCCCOC1OC(CO)C(O)C(O)C1NC(C)=O)C(=O)CCCCCNC(=O)CCCCCOC1OC(CO)C(O)C(O)C1NC(C)=O)C(=O)CCCCCNC(=O)CCCCCOC1OC(CO)C(O)C(O)C1NC(C)=O. The summed E-state index contributed by atoms with van der Waals surface area (Å²) in [6, 6.07) is -3.21. The molecule has 0 aliphatic carbocycles. The number of nitrogens with zero attached hydrogens (tertiary/aromatic N) is 3. The number of phosphoric ester groups is 2. The fraction of sp³-hybridized carbons (Fsp3) is 0.883. The first-order valence-corrected chi connectivity index (χ1v) is 45.8. The largest absolute Gasteiger partial charge is 0.472 e. The number of nitrogens with one attached hydrogen (secondary N) is 6. The van der Waals surface area contributed by atoms with Crippen LogP contribution in [-0.2, 0) is 104 Å². The van der Waals surface area contributed by atoms with E-state index in [1.807, 2.05) is 13.8 Å². The van der Waals surface area contributed by atoms with Crippen LogP contribution in [-0.4, -0.2) is 365 Å². The topological polar surface area (TPSA) is 614 Å². The van der Waals surface area contributed by atoms with Crippen LogP contribution in [0.15, 0.2) is 0 Å². The Morgan fingerprint density at radius 1 is 0.369 bits per heavy atom. The summed E-state index contributed by atoms with van der Waals surface area (Å²) in [5, 5.41) is 117. The quantitative estimate of drug-likeness (QED) is 0.0240. The van der Waals surface area contributed by atoms with Crippen LogP contribution in [0.5, 0.6) is 0 Å². The van der Waals surface area contributed by atoms with Crippen LogP contribution in [0.4, 0.5) is 0 Å². The average Bonchev–Trinajstić information content (AvgIpc) is 0.817. The Morgan fingerprint density at radius 3 is 0.910 bits per heavy atom. The van der Waals surface area contributed by atoms with E-state index in [-0.39, 0.29) is 146 Å². The van der Waals surface area contributed by atoms with Crippen molar-refractivity contribution < 1.29 is 164 Å². The van der Waals surface area contributed by atoms with Gasteiger partial charge in [0.15, 0.2) is 18.9 Å². The van der Waals surface area contributed by atoms with Crippen molar-refractivity contribution in [2.24, 2.45) is 5.92 Å². The Bertz CT molecular complexity index is 3080. The van der Waals surface area contributed by atoms with E-state index < -0.39 is 184 Å². The highest BCUT2D eigenvalue weighted by Crippen LogP contribution is 2.44. The van der Waals surface area contributed by atoms with Crippen molar-refractivity contribution in [1.82, 2.24) is 46.6 Å². The van der Waals surface area contributed by atoms with E-state index in [1.165, 1.54) is 35.5 Å². The smallest absolute Gasteiger partial charge is 0.395 e. The van der Waals surface area contributed by atoms with Gasteiger partial charge < -0.3 is 141 Å². The van der Waals surface area contributed by atoms with E-state index in [0.717, 1.165) is 6.42 Å². The lowest BCUT2D eigenvalue weighted by Crippen LogP contribution is -2.64. The molecule has 3 fully saturated rings. The van der Waals surface area contributed by atoms with Gasteiger partial charge in [0.2, 0.25) is 53.2 Å². The second-order valence-corrected chi connectivity index (χ2v) is 33.5. The number of rotatable bonds is 69. The van der Waals surface area contributed by atoms with Crippen LogP contribution < -0.4 is 31.9 Å². The lowest BCUT2D eigenvalue weighted by atomic mass is 9.97. The number of aliphatic hydroxyl groups is 10. The number of ether oxygens (including phenoxy) is 7. The summed E-state index contributed by atoms with van der Waals surface area (Å²) in [5.41, 5.74) is 0. The summed E-state index contributed by atoms with van der Waals surface area (Å²) >= 11 is 0. The molecule has 45 heteroatoms. The minimum atomic E-state index is -4.86. The summed E-state index contributed by atoms with van der Waals surface area (Å²) in [6.07, 6.45) is -4.55. The Balaban J connectivity index is 1.49.